The molecule has 0 aromatic carbocycles. The van der Waals surface area contributed by atoms with E-state index in [0.29, 0.717) is 0 Å². The van der Waals surface area contributed by atoms with Gasteiger partial charge in [-0.3, -0.25) is 0 Å². The van der Waals surface area contributed by atoms with Crippen LogP contribution in [0.4, 0.5) is 0 Å². The van der Waals surface area contributed by atoms with Crippen molar-refractivity contribution in [2.45, 2.75) is 26.3 Å². The van der Waals surface area contributed by atoms with Crippen LogP contribution in [0.15, 0.2) is 17.6 Å². The van der Waals surface area contributed by atoms with Crippen LogP contribution in [0, 0.1) is 6.92 Å². The van der Waals surface area contributed by atoms with Crippen molar-refractivity contribution in [1.82, 2.24) is 14.1 Å². The van der Waals surface area contributed by atoms with Gasteiger partial charge in [0.2, 0.25) is 0 Å². The van der Waals surface area contributed by atoms with Gasteiger partial charge in [0, 0.05) is 4.88 Å². The van der Waals surface area contributed by atoms with Crippen molar-refractivity contribution in [2.75, 3.05) is 6.54 Å². The molecule has 86 valence electrons. The van der Waals surface area contributed by atoms with Crippen molar-refractivity contribution in [3.63, 3.8) is 0 Å². The number of hydrogen-bond donors (Lipinski definition) is 1. The molecule has 0 saturated carbocycles. The van der Waals surface area contributed by atoms with Gasteiger partial charge in [-0.05, 0) is 36.9 Å². The molecule has 2 rings (SSSR count). The number of aromatic nitrogens is 2. The fourth-order valence-corrected chi connectivity index (χ4v) is 3.06. The lowest BCUT2D eigenvalue weighted by atomic mass is 10.1. The summed E-state index contributed by atoms with van der Waals surface area (Å²) in [6.45, 7) is 5.32. The summed E-state index contributed by atoms with van der Waals surface area (Å²) in [5.41, 5.74) is 2.36. The average Bonchev–Trinajstić information content (AvgIpc) is 2.91. The SMILES string of the molecule is CCCNC(c1cnsn1)c1sccc1C. The lowest BCUT2D eigenvalue weighted by Crippen LogP contribution is -2.23. The molecule has 16 heavy (non-hydrogen) atoms. The maximum absolute atomic E-state index is 4.34. The van der Waals surface area contributed by atoms with Gasteiger partial charge in [-0.2, -0.15) is 8.75 Å². The van der Waals surface area contributed by atoms with Gasteiger partial charge in [0.25, 0.3) is 0 Å². The second-order valence-electron chi connectivity index (χ2n) is 3.69. The van der Waals surface area contributed by atoms with E-state index in [1.165, 1.54) is 22.2 Å². The Hall–Kier alpha value is -0.780. The minimum Gasteiger partial charge on any atom is -0.304 e. The molecule has 2 aromatic heterocycles. The zero-order valence-electron chi connectivity index (χ0n) is 9.43. The van der Waals surface area contributed by atoms with Crippen LogP contribution in [0.2, 0.25) is 0 Å². The molecule has 5 heteroatoms. The summed E-state index contributed by atoms with van der Waals surface area (Å²) in [4.78, 5) is 1.35. The molecule has 3 nitrogen and oxygen atoms in total. The van der Waals surface area contributed by atoms with E-state index >= 15 is 0 Å². The number of nitrogens with zero attached hydrogens (tertiary/aromatic N) is 2. The van der Waals surface area contributed by atoms with Gasteiger partial charge in [-0.15, -0.1) is 11.3 Å². The fourth-order valence-electron chi connectivity index (χ4n) is 1.60. The van der Waals surface area contributed by atoms with Crippen LogP contribution in [0.25, 0.3) is 0 Å². The zero-order valence-corrected chi connectivity index (χ0v) is 11.1. The van der Waals surface area contributed by atoms with Crippen LogP contribution in [-0.4, -0.2) is 15.3 Å². The highest BCUT2D eigenvalue weighted by molar-refractivity contribution is 7.10. The molecule has 1 atom stereocenters. The third-order valence-corrected chi connectivity index (χ3v) is 4.01. The van der Waals surface area contributed by atoms with E-state index in [4.69, 9.17) is 0 Å². The molecule has 0 radical (unpaired) electrons. The van der Waals surface area contributed by atoms with Crippen LogP contribution >= 0.6 is 23.1 Å². The predicted octanol–water partition coefficient (Wildman–Crippen LogP) is 3.00. The minimum atomic E-state index is 0.207. The molecule has 1 unspecified atom stereocenters. The van der Waals surface area contributed by atoms with Gasteiger partial charge >= 0.3 is 0 Å². The molecule has 0 aliphatic heterocycles. The fraction of sp³-hybridized carbons (Fsp3) is 0.455. The topological polar surface area (TPSA) is 37.8 Å². The normalized spacial score (nSPS) is 12.9. The van der Waals surface area contributed by atoms with Gasteiger partial charge < -0.3 is 5.32 Å². The highest BCUT2D eigenvalue weighted by atomic mass is 32.1. The molecule has 2 aromatic rings. The van der Waals surface area contributed by atoms with E-state index in [1.54, 1.807) is 11.3 Å². The van der Waals surface area contributed by atoms with E-state index in [0.717, 1.165) is 18.7 Å². The van der Waals surface area contributed by atoms with Crippen molar-refractivity contribution in [1.29, 1.82) is 0 Å². The van der Waals surface area contributed by atoms with Crippen molar-refractivity contribution in [3.8, 4) is 0 Å². The summed E-state index contributed by atoms with van der Waals surface area (Å²) >= 11 is 3.05. The van der Waals surface area contributed by atoms with Gasteiger partial charge in [-0.25, -0.2) is 0 Å². The highest BCUT2D eigenvalue weighted by Crippen LogP contribution is 2.28. The van der Waals surface area contributed by atoms with E-state index < -0.39 is 0 Å². The van der Waals surface area contributed by atoms with Gasteiger partial charge in [0.15, 0.2) is 0 Å². The monoisotopic (exact) mass is 253 g/mol. The molecule has 0 fully saturated rings. The Morgan fingerprint density at radius 2 is 2.38 bits per heavy atom. The van der Waals surface area contributed by atoms with Gasteiger partial charge in [-0.1, -0.05) is 6.92 Å². The molecule has 0 spiro atoms. The standard InChI is InChI=1S/C11H15N3S2/c1-3-5-12-10(9-7-13-16-14-9)11-8(2)4-6-15-11/h4,6-7,10,12H,3,5H2,1-2H3. The Kier molecular flexibility index (Phi) is 4.04. The summed E-state index contributed by atoms with van der Waals surface area (Å²) in [5.74, 6) is 0. The van der Waals surface area contributed by atoms with Crippen LogP contribution in [0.5, 0.6) is 0 Å². The maximum atomic E-state index is 4.34. The van der Waals surface area contributed by atoms with Gasteiger partial charge in [0.1, 0.15) is 0 Å². The second kappa shape index (κ2) is 5.52. The Morgan fingerprint density at radius 1 is 1.50 bits per heavy atom. The summed E-state index contributed by atoms with van der Waals surface area (Å²) in [5, 5.41) is 5.66. The predicted molar refractivity (Wildman–Crippen MR) is 69.1 cm³/mol. The lowest BCUT2D eigenvalue weighted by molar-refractivity contribution is 0.595. The third kappa shape index (κ3) is 2.48. The van der Waals surface area contributed by atoms with E-state index in [9.17, 15) is 0 Å². The van der Waals surface area contributed by atoms with E-state index in [1.807, 2.05) is 6.20 Å². The first-order valence-electron chi connectivity index (χ1n) is 5.37. The van der Waals surface area contributed by atoms with Crippen molar-refractivity contribution >= 4 is 23.1 Å². The number of rotatable bonds is 5. The Balaban J connectivity index is 2.25. The van der Waals surface area contributed by atoms with E-state index in [2.05, 4.69) is 39.4 Å². The maximum Gasteiger partial charge on any atom is 0.0966 e. The summed E-state index contributed by atoms with van der Waals surface area (Å²) in [6.07, 6.45) is 2.98. The molecule has 0 aliphatic rings. The van der Waals surface area contributed by atoms with E-state index in [-0.39, 0.29) is 6.04 Å². The Bertz CT molecular complexity index is 422. The number of thiophene rings is 1. The highest BCUT2D eigenvalue weighted by Gasteiger charge is 2.18. The van der Waals surface area contributed by atoms with Gasteiger partial charge in [0.05, 0.1) is 29.7 Å². The largest absolute Gasteiger partial charge is 0.304 e. The number of aryl methyl sites for hydroxylation is 1. The van der Waals surface area contributed by atoms with Crippen LogP contribution in [0.1, 0.15) is 35.5 Å². The second-order valence-corrected chi connectivity index (χ2v) is 5.19. The minimum absolute atomic E-state index is 0.207. The van der Waals surface area contributed by atoms with Crippen LogP contribution in [-0.2, 0) is 0 Å². The first-order valence-corrected chi connectivity index (χ1v) is 6.98. The third-order valence-electron chi connectivity index (χ3n) is 2.44. The Morgan fingerprint density at radius 3 is 2.94 bits per heavy atom. The first-order chi connectivity index (χ1) is 7.83. The molecule has 0 amide bonds. The number of hydrogen-bond acceptors (Lipinski definition) is 5. The zero-order chi connectivity index (χ0) is 11.4. The summed E-state index contributed by atoms with van der Waals surface area (Å²) in [6, 6.07) is 2.36. The molecule has 0 aliphatic carbocycles. The smallest absolute Gasteiger partial charge is 0.0966 e. The van der Waals surface area contributed by atoms with Crippen LogP contribution < -0.4 is 5.32 Å². The van der Waals surface area contributed by atoms with Crippen molar-refractivity contribution in [2.24, 2.45) is 0 Å². The Labute approximate surface area is 104 Å². The van der Waals surface area contributed by atoms with Crippen molar-refractivity contribution in [3.05, 3.63) is 33.8 Å². The molecule has 0 saturated heterocycles. The summed E-state index contributed by atoms with van der Waals surface area (Å²) in [7, 11) is 0. The summed E-state index contributed by atoms with van der Waals surface area (Å²) < 4.78 is 8.43. The first kappa shape index (κ1) is 11.7. The molecule has 2 heterocycles. The number of nitrogens with one attached hydrogen (secondary N) is 1. The van der Waals surface area contributed by atoms with Crippen molar-refractivity contribution < 1.29 is 0 Å². The molecular weight excluding hydrogens is 238 g/mol. The lowest BCUT2D eigenvalue weighted by Gasteiger charge is -2.15. The van der Waals surface area contributed by atoms with Crippen LogP contribution in [0.3, 0.4) is 0 Å². The molecule has 1 N–H and O–H groups in total. The molecular formula is C11H15N3S2. The molecule has 0 bridgehead atoms. The quantitative estimate of drug-likeness (QED) is 0.890. The average molecular weight is 253 g/mol.